The Morgan fingerprint density at radius 3 is 2.04 bits per heavy atom. The van der Waals surface area contributed by atoms with E-state index in [9.17, 15) is 9.59 Å². The van der Waals surface area contributed by atoms with E-state index >= 15 is 0 Å². The molecule has 0 N–H and O–H groups in total. The lowest BCUT2D eigenvalue weighted by atomic mass is 10.2. The number of esters is 2. The molecule has 0 heterocycles. The Hall–Kier alpha value is -2.88. The molecule has 0 spiro atoms. The molecule has 0 fully saturated rings. The van der Waals surface area contributed by atoms with Gasteiger partial charge in [0.15, 0.2) is 0 Å². The summed E-state index contributed by atoms with van der Waals surface area (Å²) in [5, 5.41) is 0. The third-order valence-electron chi connectivity index (χ3n) is 3.19. The molecule has 0 aliphatic carbocycles. The summed E-state index contributed by atoms with van der Waals surface area (Å²) in [5.74, 6) is -0.501. The van der Waals surface area contributed by atoms with Crippen molar-refractivity contribution >= 4 is 18.0 Å². The van der Waals surface area contributed by atoms with Gasteiger partial charge in [0.1, 0.15) is 6.61 Å². The van der Waals surface area contributed by atoms with Gasteiger partial charge in [-0.05, 0) is 24.1 Å². The van der Waals surface area contributed by atoms with Crippen molar-refractivity contribution in [2.45, 2.75) is 27.4 Å². The number of hydrogen-bond acceptors (Lipinski definition) is 4. The number of carbonyl (C=O) groups is 2. The minimum Gasteiger partial charge on any atom is -0.463 e. The zero-order chi connectivity index (χ0) is 19.2. The topological polar surface area (TPSA) is 52.6 Å². The summed E-state index contributed by atoms with van der Waals surface area (Å²) in [6, 6.07) is 19.3. The fourth-order valence-corrected chi connectivity index (χ4v) is 1.81. The minimum absolute atomic E-state index is 0.0521. The van der Waals surface area contributed by atoms with Crippen LogP contribution in [0.25, 0.3) is 6.08 Å². The van der Waals surface area contributed by atoms with Gasteiger partial charge in [-0.25, -0.2) is 4.79 Å². The van der Waals surface area contributed by atoms with Gasteiger partial charge in [-0.15, -0.1) is 0 Å². The Labute approximate surface area is 155 Å². The van der Waals surface area contributed by atoms with Gasteiger partial charge in [-0.3, -0.25) is 4.79 Å². The maximum absolute atomic E-state index is 11.1. The summed E-state index contributed by atoms with van der Waals surface area (Å²) >= 11 is 0. The van der Waals surface area contributed by atoms with Gasteiger partial charge < -0.3 is 9.47 Å². The van der Waals surface area contributed by atoms with Crippen molar-refractivity contribution in [1.82, 2.24) is 0 Å². The Balaban J connectivity index is 0.000000260. The van der Waals surface area contributed by atoms with Crippen LogP contribution in [0.2, 0.25) is 0 Å². The minimum atomic E-state index is -0.300. The SMILES string of the molecule is CC(C)C(=O)OCc1ccccc1.CCOC(=O)C=Cc1ccccc1. The summed E-state index contributed by atoms with van der Waals surface area (Å²) in [5.41, 5.74) is 2.02. The molecule has 4 heteroatoms. The molecular weight excluding hydrogens is 328 g/mol. The van der Waals surface area contributed by atoms with Gasteiger partial charge in [-0.1, -0.05) is 74.5 Å². The monoisotopic (exact) mass is 354 g/mol. The lowest BCUT2D eigenvalue weighted by Crippen LogP contribution is -2.11. The highest BCUT2D eigenvalue weighted by Crippen LogP contribution is 2.03. The summed E-state index contributed by atoms with van der Waals surface area (Å²) < 4.78 is 9.79. The predicted octanol–water partition coefficient (Wildman–Crippen LogP) is 4.65. The van der Waals surface area contributed by atoms with Crippen LogP contribution < -0.4 is 0 Å². The first-order valence-electron chi connectivity index (χ1n) is 8.63. The van der Waals surface area contributed by atoms with E-state index in [2.05, 4.69) is 0 Å². The number of carbonyl (C=O) groups excluding carboxylic acids is 2. The highest BCUT2D eigenvalue weighted by molar-refractivity contribution is 5.86. The van der Waals surface area contributed by atoms with Gasteiger partial charge in [0.25, 0.3) is 0 Å². The van der Waals surface area contributed by atoms with Gasteiger partial charge in [0.2, 0.25) is 0 Å². The molecule has 0 radical (unpaired) electrons. The van der Waals surface area contributed by atoms with E-state index in [1.54, 1.807) is 13.0 Å². The molecule has 0 aliphatic heterocycles. The normalized spacial score (nSPS) is 10.2. The van der Waals surface area contributed by atoms with E-state index in [0.29, 0.717) is 13.2 Å². The lowest BCUT2D eigenvalue weighted by Gasteiger charge is -2.06. The first-order valence-corrected chi connectivity index (χ1v) is 8.63. The number of rotatable bonds is 6. The van der Waals surface area contributed by atoms with E-state index in [4.69, 9.17) is 9.47 Å². The molecule has 4 nitrogen and oxygen atoms in total. The van der Waals surface area contributed by atoms with Gasteiger partial charge in [-0.2, -0.15) is 0 Å². The molecule has 138 valence electrons. The van der Waals surface area contributed by atoms with Crippen molar-refractivity contribution in [3.8, 4) is 0 Å². The molecule has 0 saturated heterocycles. The van der Waals surface area contributed by atoms with Crippen LogP contribution in [-0.2, 0) is 25.7 Å². The molecule has 0 saturated carbocycles. The highest BCUT2D eigenvalue weighted by atomic mass is 16.5. The lowest BCUT2D eigenvalue weighted by molar-refractivity contribution is -0.148. The number of benzene rings is 2. The van der Waals surface area contributed by atoms with Crippen molar-refractivity contribution in [3.63, 3.8) is 0 Å². The number of ether oxygens (including phenoxy) is 2. The van der Waals surface area contributed by atoms with E-state index < -0.39 is 0 Å². The molecule has 2 aromatic carbocycles. The van der Waals surface area contributed by atoms with Crippen molar-refractivity contribution in [1.29, 1.82) is 0 Å². The van der Waals surface area contributed by atoms with E-state index in [1.807, 2.05) is 74.5 Å². The summed E-state index contributed by atoms with van der Waals surface area (Å²) in [6.07, 6.45) is 3.16. The Morgan fingerprint density at radius 1 is 0.923 bits per heavy atom. The average Bonchev–Trinajstić information content (AvgIpc) is 2.67. The standard InChI is InChI=1S/C11H14O2.C11H12O2/c1-9(2)11(12)13-8-10-6-4-3-5-7-10;1-2-13-11(12)9-8-10-6-4-3-5-7-10/h3-7,9H,8H2,1-2H3;3-9H,2H2,1H3. The molecule has 26 heavy (non-hydrogen) atoms. The third kappa shape index (κ3) is 9.42. The second-order valence-corrected chi connectivity index (χ2v) is 5.74. The Bertz CT molecular complexity index is 676. The molecule has 0 bridgehead atoms. The fourth-order valence-electron chi connectivity index (χ4n) is 1.81. The van der Waals surface area contributed by atoms with Crippen molar-refractivity contribution in [3.05, 3.63) is 77.9 Å². The smallest absolute Gasteiger partial charge is 0.330 e. The highest BCUT2D eigenvalue weighted by Gasteiger charge is 2.07. The molecule has 2 rings (SSSR count). The van der Waals surface area contributed by atoms with E-state index in [0.717, 1.165) is 11.1 Å². The van der Waals surface area contributed by atoms with E-state index in [-0.39, 0.29) is 17.9 Å². The Kier molecular flexibility index (Phi) is 10.2. The van der Waals surface area contributed by atoms with Crippen LogP contribution in [0, 0.1) is 5.92 Å². The fraction of sp³-hybridized carbons (Fsp3) is 0.273. The van der Waals surface area contributed by atoms with Crippen LogP contribution in [0.4, 0.5) is 0 Å². The molecule has 0 atom stereocenters. The van der Waals surface area contributed by atoms with Crippen LogP contribution in [0.1, 0.15) is 31.9 Å². The van der Waals surface area contributed by atoms with Crippen molar-refractivity contribution in [2.75, 3.05) is 6.61 Å². The van der Waals surface area contributed by atoms with Gasteiger partial charge in [0, 0.05) is 6.08 Å². The summed E-state index contributed by atoms with van der Waals surface area (Å²) in [7, 11) is 0. The quantitative estimate of drug-likeness (QED) is 0.560. The molecular formula is C22H26O4. The number of hydrogen-bond donors (Lipinski definition) is 0. The zero-order valence-corrected chi connectivity index (χ0v) is 15.6. The summed E-state index contributed by atoms with van der Waals surface area (Å²) in [6.45, 7) is 6.23. The zero-order valence-electron chi connectivity index (χ0n) is 15.6. The maximum atomic E-state index is 11.1. The largest absolute Gasteiger partial charge is 0.463 e. The third-order valence-corrected chi connectivity index (χ3v) is 3.19. The predicted molar refractivity (Wildman–Crippen MR) is 103 cm³/mol. The van der Waals surface area contributed by atoms with Gasteiger partial charge >= 0.3 is 11.9 Å². The first-order chi connectivity index (χ1) is 12.5. The van der Waals surface area contributed by atoms with E-state index in [1.165, 1.54) is 6.08 Å². The maximum Gasteiger partial charge on any atom is 0.330 e. The molecule has 0 aliphatic rings. The molecule has 0 unspecified atom stereocenters. The average molecular weight is 354 g/mol. The molecule has 0 aromatic heterocycles. The van der Waals surface area contributed by atoms with Crippen LogP contribution in [0.5, 0.6) is 0 Å². The van der Waals surface area contributed by atoms with Crippen LogP contribution >= 0.6 is 0 Å². The van der Waals surface area contributed by atoms with Gasteiger partial charge in [0.05, 0.1) is 12.5 Å². The Morgan fingerprint density at radius 2 is 1.50 bits per heavy atom. The second kappa shape index (κ2) is 12.5. The van der Waals surface area contributed by atoms with Crippen molar-refractivity contribution < 1.29 is 19.1 Å². The van der Waals surface area contributed by atoms with Crippen LogP contribution in [0.3, 0.4) is 0 Å². The van der Waals surface area contributed by atoms with Crippen LogP contribution in [-0.4, -0.2) is 18.5 Å². The first kappa shape index (κ1) is 21.2. The molecule has 2 aromatic rings. The van der Waals surface area contributed by atoms with Crippen LogP contribution in [0.15, 0.2) is 66.7 Å². The second-order valence-electron chi connectivity index (χ2n) is 5.74. The molecule has 0 amide bonds. The summed E-state index contributed by atoms with van der Waals surface area (Å²) in [4.78, 5) is 22.0. The van der Waals surface area contributed by atoms with Crippen molar-refractivity contribution in [2.24, 2.45) is 5.92 Å².